The van der Waals surface area contributed by atoms with E-state index >= 15 is 0 Å². The van der Waals surface area contributed by atoms with Crippen LogP contribution in [0, 0.1) is 0 Å². The molecular weight excluding hydrogens is 1070 g/mol. The number of aliphatic carboxylic acids is 1. The van der Waals surface area contributed by atoms with Crippen LogP contribution in [0.25, 0.3) is 0 Å². The van der Waals surface area contributed by atoms with Crippen molar-refractivity contribution in [3.8, 4) is 0 Å². The van der Waals surface area contributed by atoms with Crippen LogP contribution >= 0.6 is 0 Å². The summed E-state index contributed by atoms with van der Waals surface area (Å²) >= 11 is 0. The standard InChI is InChI=1S/C73H110O12/c1-4-7-10-13-16-19-22-25-28-31-33-36-38-41-44-47-50-53-56-59-65(74)81-62-64(83-66(75)60-57-54-51-48-45-42-39-35-30-27-24-21-18-15-12-9-6-3)63-82-73-71(69(78)68(77)70(85-73)72(79)80)84-67(76)61-58-55-52-49-46-43-40-37-34-32-29-26-23-20-17-14-11-8-5-2/h7-12,16-21,25-30,33-34,36-37,39,41-42,44,48,51,64,68-71,73,77-78H,4-6,13-15,22-24,31-32,35,38,40,43,45-47,49-50,52-63H2,1-3H3,(H,79,80)/b10-7-,11-8-,12-9-,19-16-,20-17-,21-18-,28-25-,29-26-,30-27-,36-33-,37-34-,42-39-,44-41-,51-48-. The minimum Gasteiger partial charge on any atom is -0.479 e. The second-order valence-electron chi connectivity index (χ2n) is 20.9. The first-order valence-electron chi connectivity index (χ1n) is 32.1. The molecule has 0 saturated carbocycles. The number of carboxylic acids is 1. The molecule has 0 bridgehead atoms. The minimum absolute atomic E-state index is 0.0234. The molecule has 1 fully saturated rings. The lowest BCUT2D eigenvalue weighted by atomic mass is 9.98. The van der Waals surface area contributed by atoms with Gasteiger partial charge in [-0.25, -0.2) is 4.79 Å². The van der Waals surface area contributed by atoms with Crippen LogP contribution < -0.4 is 0 Å². The molecule has 1 aliphatic rings. The highest BCUT2D eigenvalue weighted by atomic mass is 16.7. The summed E-state index contributed by atoms with van der Waals surface area (Å²) in [5.74, 6) is -3.29. The number of hydrogen-bond donors (Lipinski definition) is 3. The lowest BCUT2D eigenvalue weighted by Gasteiger charge is -2.40. The van der Waals surface area contributed by atoms with Gasteiger partial charge in [-0.1, -0.05) is 223 Å². The number of hydrogen-bond acceptors (Lipinski definition) is 11. The maximum atomic E-state index is 13.2. The van der Waals surface area contributed by atoms with Crippen LogP contribution in [0.2, 0.25) is 0 Å². The Hall–Kier alpha value is -5.92. The van der Waals surface area contributed by atoms with Crippen molar-refractivity contribution in [3.05, 3.63) is 170 Å². The molecule has 12 heteroatoms. The minimum atomic E-state index is -1.93. The van der Waals surface area contributed by atoms with Gasteiger partial charge in [-0.15, -0.1) is 0 Å². The number of unbranched alkanes of at least 4 members (excludes halogenated alkanes) is 10. The van der Waals surface area contributed by atoms with Crippen molar-refractivity contribution >= 4 is 23.9 Å². The van der Waals surface area contributed by atoms with E-state index in [2.05, 4.69) is 179 Å². The monoisotopic (exact) mass is 1180 g/mol. The van der Waals surface area contributed by atoms with Crippen LogP contribution in [0.5, 0.6) is 0 Å². The Morgan fingerprint density at radius 2 is 0.718 bits per heavy atom. The van der Waals surface area contributed by atoms with Crippen LogP contribution in [0.1, 0.15) is 213 Å². The molecule has 0 amide bonds. The van der Waals surface area contributed by atoms with Crippen molar-refractivity contribution in [2.45, 2.75) is 250 Å². The zero-order valence-corrected chi connectivity index (χ0v) is 52.3. The third kappa shape index (κ3) is 48.0. The molecule has 1 aliphatic heterocycles. The van der Waals surface area contributed by atoms with Crippen molar-refractivity contribution in [1.82, 2.24) is 0 Å². The Balaban J connectivity index is 2.75. The number of aliphatic hydroxyl groups is 2. The molecule has 0 radical (unpaired) electrons. The normalized spacial score (nSPS) is 18.6. The van der Waals surface area contributed by atoms with Crippen molar-refractivity contribution in [2.24, 2.45) is 0 Å². The molecule has 6 atom stereocenters. The highest BCUT2D eigenvalue weighted by Gasteiger charge is 2.50. The van der Waals surface area contributed by atoms with Crippen LogP contribution in [0.3, 0.4) is 0 Å². The number of carboxylic acid groups (broad SMARTS) is 1. The van der Waals surface area contributed by atoms with Gasteiger partial charge in [0.05, 0.1) is 6.61 Å². The smallest absolute Gasteiger partial charge is 0.335 e. The molecule has 12 nitrogen and oxygen atoms in total. The molecule has 0 spiro atoms. The third-order valence-corrected chi connectivity index (χ3v) is 13.3. The maximum absolute atomic E-state index is 13.2. The molecule has 0 aromatic carbocycles. The molecular formula is C73H110O12. The number of esters is 3. The van der Waals surface area contributed by atoms with Crippen molar-refractivity contribution in [1.29, 1.82) is 0 Å². The molecule has 1 rings (SSSR count). The summed E-state index contributed by atoms with van der Waals surface area (Å²) in [5.41, 5.74) is 0. The summed E-state index contributed by atoms with van der Waals surface area (Å²) in [5, 5.41) is 31.6. The summed E-state index contributed by atoms with van der Waals surface area (Å²) in [6, 6.07) is 0. The Morgan fingerprint density at radius 3 is 1.12 bits per heavy atom. The van der Waals surface area contributed by atoms with E-state index < -0.39 is 67.3 Å². The molecule has 6 unspecified atom stereocenters. The van der Waals surface area contributed by atoms with Gasteiger partial charge in [0.15, 0.2) is 24.6 Å². The van der Waals surface area contributed by atoms with Crippen LogP contribution in [-0.4, -0.2) is 89.2 Å². The molecule has 3 N–H and O–H groups in total. The van der Waals surface area contributed by atoms with Gasteiger partial charge in [0.2, 0.25) is 0 Å². The number of ether oxygens (including phenoxy) is 5. The Bertz CT molecular complexity index is 2130. The number of rotatable bonds is 52. The lowest BCUT2D eigenvalue weighted by Crippen LogP contribution is -2.61. The highest BCUT2D eigenvalue weighted by Crippen LogP contribution is 2.26. The average molecular weight is 1180 g/mol. The van der Waals surface area contributed by atoms with Gasteiger partial charge in [-0.05, 0) is 141 Å². The second kappa shape index (κ2) is 58.5. The van der Waals surface area contributed by atoms with Crippen molar-refractivity contribution < 1.29 is 58.2 Å². The van der Waals surface area contributed by atoms with Gasteiger partial charge in [0.25, 0.3) is 0 Å². The SMILES string of the molecule is CC/C=C\C/C=C\C/C=C\C/C=C\C/C=C\CCCCCC(=O)OCC(COC1OC(C(=O)O)C(O)C(O)C1OC(=O)CCCCCCCC/C=C\C/C=C\C/C=C\C/C=C\CC)OC(=O)CCC/C=C\C/C=C\C/C=C\C/C=C\C/C=C\CC. The molecule has 474 valence electrons. The third-order valence-electron chi connectivity index (χ3n) is 13.3. The predicted molar refractivity (Wildman–Crippen MR) is 348 cm³/mol. The quantitative estimate of drug-likeness (QED) is 0.0228. The van der Waals surface area contributed by atoms with Crippen molar-refractivity contribution in [3.63, 3.8) is 0 Å². The largest absolute Gasteiger partial charge is 0.479 e. The van der Waals surface area contributed by atoms with Crippen LogP contribution in [0.15, 0.2) is 170 Å². The summed E-state index contributed by atoms with van der Waals surface area (Å²) in [4.78, 5) is 51.3. The molecule has 1 heterocycles. The van der Waals surface area contributed by atoms with E-state index in [0.717, 1.165) is 148 Å². The Morgan fingerprint density at radius 1 is 0.388 bits per heavy atom. The van der Waals surface area contributed by atoms with Gasteiger partial charge in [-0.3, -0.25) is 14.4 Å². The first-order chi connectivity index (χ1) is 41.6. The molecule has 0 aromatic rings. The Labute approximate surface area is 513 Å². The number of allylic oxidation sites excluding steroid dienone is 28. The van der Waals surface area contributed by atoms with E-state index in [9.17, 15) is 34.5 Å². The van der Waals surface area contributed by atoms with Gasteiger partial charge < -0.3 is 39.0 Å². The van der Waals surface area contributed by atoms with E-state index in [1.165, 1.54) is 0 Å². The van der Waals surface area contributed by atoms with E-state index in [4.69, 9.17) is 23.7 Å². The fourth-order valence-corrected chi connectivity index (χ4v) is 8.48. The van der Waals surface area contributed by atoms with Gasteiger partial charge in [0, 0.05) is 19.3 Å². The number of aliphatic hydroxyl groups excluding tert-OH is 2. The fraction of sp³-hybridized carbons (Fsp3) is 0.562. The second-order valence-corrected chi connectivity index (χ2v) is 20.9. The fourth-order valence-electron chi connectivity index (χ4n) is 8.48. The summed E-state index contributed by atoms with van der Waals surface area (Å²) in [6.45, 7) is 5.57. The molecule has 0 aromatic heterocycles. The van der Waals surface area contributed by atoms with E-state index in [-0.39, 0.29) is 25.9 Å². The zero-order valence-electron chi connectivity index (χ0n) is 52.3. The predicted octanol–water partition coefficient (Wildman–Crippen LogP) is 17.5. The Kier molecular flexibility index (Phi) is 53.0. The number of carbonyl (C=O) groups excluding carboxylic acids is 3. The highest BCUT2D eigenvalue weighted by molar-refractivity contribution is 5.74. The molecule has 85 heavy (non-hydrogen) atoms. The van der Waals surface area contributed by atoms with E-state index in [0.29, 0.717) is 25.7 Å². The van der Waals surface area contributed by atoms with Crippen molar-refractivity contribution in [2.75, 3.05) is 13.2 Å². The summed E-state index contributed by atoms with van der Waals surface area (Å²) in [7, 11) is 0. The van der Waals surface area contributed by atoms with Gasteiger partial charge in [-0.2, -0.15) is 0 Å². The maximum Gasteiger partial charge on any atom is 0.335 e. The van der Waals surface area contributed by atoms with Gasteiger partial charge >= 0.3 is 23.9 Å². The van der Waals surface area contributed by atoms with E-state index in [1.807, 2.05) is 12.2 Å². The molecule has 1 saturated heterocycles. The van der Waals surface area contributed by atoms with Gasteiger partial charge in [0.1, 0.15) is 18.8 Å². The summed E-state index contributed by atoms with van der Waals surface area (Å²) < 4.78 is 28.4. The lowest BCUT2D eigenvalue weighted by molar-refractivity contribution is -0.301. The first-order valence-corrected chi connectivity index (χ1v) is 32.1. The topological polar surface area (TPSA) is 175 Å². The average Bonchev–Trinajstić information content (AvgIpc) is 3.51. The van der Waals surface area contributed by atoms with Crippen LogP contribution in [0.4, 0.5) is 0 Å². The first kappa shape index (κ1) is 77.1. The van der Waals surface area contributed by atoms with Crippen LogP contribution in [-0.2, 0) is 42.9 Å². The number of carbonyl (C=O) groups is 4. The molecule has 0 aliphatic carbocycles. The van der Waals surface area contributed by atoms with E-state index in [1.54, 1.807) is 0 Å². The summed E-state index contributed by atoms with van der Waals surface area (Å²) in [6.07, 6.45) is 74.5. The zero-order chi connectivity index (χ0) is 61.7.